The van der Waals surface area contributed by atoms with Gasteiger partial charge in [-0.3, -0.25) is 0 Å². The molecule has 0 amide bonds. The second-order valence-corrected chi connectivity index (χ2v) is 4.08. The molecule has 2 aromatic rings. The SMILES string of the molecule is CNCC(C)c1ccnn1-c1ccccc1F. The fraction of sp³-hybridized carbons (Fsp3) is 0.308. The smallest absolute Gasteiger partial charge is 0.148 e. The topological polar surface area (TPSA) is 29.9 Å². The van der Waals surface area contributed by atoms with Gasteiger partial charge in [-0.05, 0) is 25.2 Å². The Morgan fingerprint density at radius 2 is 2.12 bits per heavy atom. The predicted molar refractivity (Wildman–Crippen MR) is 65.9 cm³/mol. The molecule has 1 unspecified atom stereocenters. The Hall–Kier alpha value is -1.68. The Morgan fingerprint density at radius 3 is 2.82 bits per heavy atom. The van der Waals surface area contributed by atoms with E-state index in [0.29, 0.717) is 5.69 Å². The first-order valence-electron chi connectivity index (χ1n) is 5.67. The van der Waals surface area contributed by atoms with E-state index in [2.05, 4.69) is 17.3 Å². The Bertz CT molecular complexity index is 493. The van der Waals surface area contributed by atoms with Gasteiger partial charge < -0.3 is 5.32 Å². The van der Waals surface area contributed by atoms with Crippen LogP contribution in [-0.2, 0) is 0 Å². The molecule has 4 heteroatoms. The van der Waals surface area contributed by atoms with Crippen molar-refractivity contribution in [3.63, 3.8) is 0 Å². The first kappa shape index (κ1) is 11.8. The molecule has 0 aliphatic rings. The van der Waals surface area contributed by atoms with Crippen LogP contribution in [0.4, 0.5) is 4.39 Å². The number of hydrogen-bond donors (Lipinski definition) is 1. The minimum absolute atomic E-state index is 0.255. The lowest BCUT2D eigenvalue weighted by atomic mass is 10.1. The molecule has 1 aromatic heterocycles. The van der Waals surface area contributed by atoms with Crippen LogP contribution in [0.3, 0.4) is 0 Å². The molecule has 17 heavy (non-hydrogen) atoms. The van der Waals surface area contributed by atoms with E-state index >= 15 is 0 Å². The molecule has 0 radical (unpaired) electrons. The van der Waals surface area contributed by atoms with Crippen LogP contribution in [0.5, 0.6) is 0 Å². The number of aromatic nitrogens is 2. The summed E-state index contributed by atoms with van der Waals surface area (Å²) < 4.78 is 15.4. The largest absolute Gasteiger partial charge is 0.319 e. The predicted octanol–water partition coefficient (Wildman–Crippen LogP) is 2.33. The number of benzene rings is 1. The van der Waals surface area contributed by atoms with Crippen molar-refractivity contribution in [1.82, 2.24) is 15.1 Å². The van der Waals surface area contributed by atoms with Crippen LogP contribution in [-0.4, -0.2) is 23.4 Å². The normalized spacial score (nSPS) is 12.6. The lowest BCUT2D eigenvalue weighted by Crippen LogP contribution is -2.17. The zero-order valence-corrected chi connectivity index (χ0v) is 10.0. The summed E-state index contributed by atoms with van der Waals surface area (Å²) in [6.07, 6.45) is 1.70. The zero-order chi connectivity index (χ0) is 12.3. The van der Waals surface area contributed by atoms with Crippen molar-refractivity contribution < 1.29 is 4.39 Å². The number of hydrogen-bond acceptors (Lipinski definition) is 2. The number of nitrogens with zero attached hydrogens (tertiary/aromatic N) is 2. The summed E-state index contributed by atoms with van der Waals surface area (Å²) in [5.41, 5.74) is 1.50. The molecule has 3 nitrogen and oxygen atoms in total. The first-order valence-corrected chi connectivity index (χ1v) is 5.67. The highest BCUT2D eigenvalue weighted by Gasteiger charge is 2.13. The molecule has 0 aliphatic carbocycles. The minimum Gasteiger partial charge on any atom is -0.319 e. The van der Waals surface area contributed by atoms with Gasteiger partial charge in [0.15, 0.2) is 0 Å². The molecule has 1 N–H and O–H groups in total. The van der Waals surface area contributed by atoms with Crippen LogP contribution in [0.25, 0.3) is 5.69 Å². The van der Waals surface area contributed by atoms with Crippen LogP contribution in [0.2, 0.25) is 0 Å². The number of para-hydroxylation sites is 1. The van der Waals surface area contributed by atoms with Crippen molar-refractivity contribution in [2.24, 2.45) is 0 Å². The van der Waals surface area contributed by atoms with E-state index in [1.165, 1.54) is 6.07 Å². The van der Waals surface area contributed by atoms with Gasteiger partial charge in [-0.15, -0.1) is 0 Å². The standard InChI is InChI=1S/C13H16FN3/c1-10(9-15-2)12-7-8-16-17(12)13-6-4-3-5-11(13)14/h3-8,10,15H,9H2,1-2H3. The highest BCUT2D eigenvalue weighted by Crippen LogP contribution is 2.20. The molecule has 1 atom stereocenters. The van der Waals surface area contributed by atoms with Crippen molar-refractivity contribution in [3.05, 3.63) is 48.0 Å². The number of nitrogens with one attached hydrogen (secondary N) is 1. The fourth-order valence-corrected chi connectivity index (χ4v) is 1.92. The maximum Gasteiger partial charge on any atom is 0.148 e. The van der Waals surface area contributed by atoms with Crippen LogP contribution in [0.15, 0.2) is 36.5 Å². The summed E-state index contributed by atoms with van der Waals surface area (Å²) in [5.74, 6) is 0.0243. The molecule has 1 heterocycles. The van der Waals surface area contributed by atoms with Crippen LogP contribution < -0.4 is 5.32 Å². The number of likely N-dealkylation sites (N-methyl/N-ethyl adjacent to an activating group) is 1. The van der Waals surface area contributed by atoms with Gasteiger partial charge >= 0.3 is 0 Å². The van der Waals surface area contributed by atoms with Gasteiger partial charge in [0.1, 0.15) is 11.5 Å². The van der Waals surface area contributed by atoms with Gasteiger partial charge in [0.05, 0.1) is 0 Å². The second kappa shape index (κ2) is 5.10. The van der Waals surface area contributed by atoms with Gasteiger partial charge in [-0.1, -0.05) is 19.1 Å². The second-order valence-electron chi connectivity index (χ2n) is 4.08. The molecule has 0 saturated carbocycles. The van der Waals surface area contributed by atoms with Crippen molar-refractivity contribution in [1.29, 1.82) is 0 Å². The molecule has 0 aliphatic heterocycles. The molecule has 0 bridgehead atoms. The average molecular weight is 233 g/mol. The van der Waals surface area contributed by atoms with E-state index in [9.17, 15) is 4.39 Å². The number of rotatable bonds is 4. The van der Waals surface area contributed by atoms with E-state index in [1.54, 1.807) is 23.0 Å². The highest BCUT2D eigenvalue weighted by molar-refractivity contribution is 5.34. The summed E-state index contributed by atoms with van der Waals surface area (Å²) in [4.78, 5) is 0. The van der Waals surface area contributed by atoms with Crippen LogP contribution >= 0.6 is 0 Å². The minimum atomic E-state index is -0.255. The van der Waals surface area contributed by atoms with Crippen molar-refractivity contribution in [3.8, 4) is 5.69 Å². The van der Waals surface area contributed by atoms with Gasteiger partial charge in [0.25, 0.3) is 0 Å². The molecule has 1 aromatic carbocycles. The molecular formula is C13H16FN3. The first-order chi connectivity index (χ1) is 8.24. The van der Waals surface area contributed by atoms with Crippen molar-refractivity contribution >= 4 is 0 Å². The lowest BCUT2D eigenvalue weighted by molar-refractivity contribution is 0.590. The van der Waals surface area contributed by atoms with Crippen LogP contribution in [0, 0.1) is 5.82 Å². The Kier molecular flexibility index (Phi) is 3.54. The molecule has 0 spiro atoms. The Morgan fingerprint density at radius 1 is 1.35 bits per heavy atom. The fourth-order valence-electron chi connectivity index (χ4n) is 1.92. The van der Waals surface area contributed by atoms with E-state index in [-0.39, 0.29) is 11.7 Å². The quantitative estimate of drug-likeness (QED) is 0.878. The summed E-state index contributed by atoms with van der Waals surface area (Å²) in [6, 6.07) is 8.60. The molecule has 0 saturated heterocycles. The maximum absolute atomic E-state index is 13.7. The summed E-state index contributed by atoms with van der Waals surface area (Å²) in [7, 11) is 1.90. The molecule has 90 valence electrons. The maximum atomic E-state index is 13.7. The summed E-state index contributed by atoms with van der Waals surface area (Å²) in [5, 5.41) is 7.31. The monoisotopic (exact) mass is 233 g/mol. The highest BCUT2D eigenvalue weighted by atomic mass is 19.1. The third-order valence-corrected chi connectivity index (χ3v) is 2.77. The van der Waals surface area contributed by atoms with E-state index < -0.39 is 0 Å². The molecule has 2 rings (SSSR count). The third-order valence-electron chi connectivity index (χ3n) is 2.77. The van der Waals surface area contributed by atoms with Gasteiger partial charge in [-0.25, -0.2) is 9.07 Å². The number of halogens is 1. The molecule has 0 fully saturated rings. The van der Waals surface area contributed by atoms with Gasteiger partial charge in [0, 0.05) is 24.4 Å². The van der Waals surface area contributed by atoms with Gasteiger partial charge in [-0.2, -0.15) is 5.10 Å². The Balaban J connectivity index is 2.40. The van der Waals surface area contributed by atoms with Crippen molar-refractivity contribution in [2.75, 3.05) is 13.6 Å². The third kappa shape index (κ3) is 2.36. The Labute approximate surface area is 100 Å². The summed E-state index contributed by atoms with van der Waals surface area (Å²) >= 11 is 0. The van der Waals surface area contributed by atoms with Crippen molar-refractivity contribution in [2.45, 2.75) is 12.8 Å². The van der Waals surface area contributed by atoms with Gasteiger partial charge in [0.2, 0.25) is 0 Å². The van der Waals surface area contributed by atoms with E-state index in [4.69, 9.17) is 0 Å². The molecular weight excluding hydrogens is 217 g/mol. The van der Waals surface area contributed by atoms with E-state index in [1.807, 2.05) is 19.2 Å². The van der Waals surface area contributed by atoms with Crippen LogP contribution in [0.1, 0.15) is 18.5 Å². The zero-order valence-electron chi connectivity index (χ0n) is 10.0. The summed E-state index contributed by atoms with van der Waals surface area (Å²) in [6.45, 7) is 2.92. The average Bonchev–Trinajstić information content (AvgIpc) is 2.79. The van der Waals surface area contributed by atoms with E-state index in [0.717, 1.165) is 12.2 Å². The lowest BCUT2D eigenvalue weighted by Gasteiger charge is -2.14.